The fraction of sp³-hybridized carbons (Fsp3) is 0.0952. The van der Waals surface area contributed by atoms with Crippen LogP contribution in [0.2, 0.25) is 20.1 Å². The first kappa shape index (κ1) is 23.9. The number of anilines is 1. The molecular weight excluding hydrogens is 502 g/mol. The molecule has 5 nitrogen and oxygen atoms in total. The standard InChI is InChI=1S/C21H16Cl4N2O3S/c22-15-6-7-19(25)20(11-15)31(29,30)27(12-14-4-2-1-3-5-14)13-21(28)26-18-9-16(23)8-17(24)10-18/h1-11H,12-13H2,(H,26,28). The van der Waals surface area contributed by atoms with E-state index in [1.54, 1.807) is 24.3 Å². The Morgan fingerprint density at radius 1 is 0.839 bits per heavy atom. The second kappa shape index (κ2) is 10.2. The number of benzene rings is 3. The minimum Gasteiger partial charge on any atom is -0.325 e. The number of amides is 1. The maximum atomic E-state index is 13.4. The van der Waals surface area contributed by atoms with Crippen LogP contribution in [0.3, 0.4) is 0 Å². The minimum atomic E-state index is -4.15. The van der Waals surface area contributed by atoms with Crippen LogP contribution in [-0.4, -0.2) is 25.2 Å². The van der Waals surface area contributed by atoms with Crippen molar-refractivity contribution in [2.75, 3.05) is 11.9 Å². The van der Waals surface area contributed by atoms with Crippen molar-refractivity contribution in [1.29, 1.82) is 0 Å². The van der Waals surface area contributed by atoms with Gasteiger partial charge in [-0.05, 0) is 42.0 Å². The Kier molecular flexibility index (Phi) is 7.86. The fourth-order valence-corrected chi connectivity index (χ4v) is 5.46. The van der Waals surface area contributed by atoms with Crippen molar-refractivity contribution in [1.82, 2.24) is 4.31 Å². The summed E-state index contributed by atoms with van der Waals surface area (Å²) >= 11 is 24.0. The Labute approximate surface area is 200 Å². The zero-order chi connectivity index (χ0) is 22.6. The average molecular weight is 518 g/mol. The van der Waals surface area contributed by atoms with Crippen LogP contribution in [0, 0.1) is 0 Å². The number of nitrogens with one attached hydrogen (secondary N) is 1. The zero-order valence-electron chi connectivity index (χ0n) is 15.9. The SMILES string of the molecule is O=C(CN(Cc1ccccc1)S(=O)(=O)c1cc(Cl)ccc1Cl)Nc1cc(Cl)cc(Cl)c1. The van der Waals surface area contributed by atoms with Gasteiger partial charge in [-0.2, -0.15) is 4.31 Å². The monoisotopic (exact) mass is 516 g/mol. The molecule has 0 radical (unpaired) electrons. The number of halogens is 4. The largest absolute Gasteiger partial charge is 0.325 e. The predicted molar refractivity (Wildman–Crippen MR) is 126 cm³/mol. The molecule has 1 amide bonds. The minimum absolute atomic E-state index is 0.00416. The maximum Gasteiger partial charge on any atom is 0.245 e. The number of sulfonamides is 1. The summed E-state index contributed by atoms with van der Waals surface area (Å²) in [6, 6.07) is 17.6. The van der Waals surface area contributed by atoms with Crippen molar-refractivity contribution < 1.29 is 13.2 Å². The molecule has 3 rings (SSSR count). The third-order valence-electron chi connectivity index (χ3n) is 4.18. The fourth-order valence-electron chi connectivity index (χ4n) is 2.81. The number of hydrogen-bond acceptors (Lipinski definition) is 3. The van der Waals surface area contributed by atoms with Gasteiger partial charge in [-0.25, -0.2) is 8.42 Å². The molecule has 10 heteroatoms. The van der Waals surface area contributed by atoms with Crippen LogP contribution in [0.4, 0.5) is 5.69 Å². The summed E-state index contributed by atoms with van der Waals surface area (Å²) in [5.41, 5.74) is 1.04. The first-order valence-electron chi connectivity index (χ1n) is 8.90. The molecule has 1 N–H and O–H groups in total. The molecule has 3 aromatic rings. The molecule has 0 fully saturated rings. The molecule has 0 bridgehead atoms. The van der Waals surface area contributed by atoms with E-state index < -0.39 is 22.5 Å². The van der Waals surface area contributed by atoms with Gasteiger partial charge in [0.15, 0.2) is 0 Å². The molecular formula is C21H16Cl4N2O3S. The molecule has 0 aromatic heterocycles. The van der Waals surface area contributed by atoms with E-state index in [2.05, 4.69) is 5.32 Å². The molecule has 0 atom stereocenters. The number of carbonyl (C=O) groups excluding carboxylic acids is 1. The lowest BCUT2D eigenvalue weighted by molar-refractivity contribution is -0.116. The third-order valence-corrected chi connectivity index (χ3v) is 7.12. The Morgan fingerprint density at radius 3 is 2.13 bits per heavy atom. The van der Waals surface area contributed by atoms with E-state index in [4.69, 9.17) is 46.4 Å². The lowest BCUT2D eigenvalue weighted by atomic mass is 10.2. The summed E-state index contributed by atoms with van der Waals surface area (Å²) < 4.78 is 27.8. The van der Waals surface area contributed by atoms with Crippen molar-refractivity contribution in [3.05, 3.63) is 92.4 Å². The van der Waals surface area contributed by atoms with E-state index in [1.165, 1.54) is 36.4 Å². The molecule has 3 aromatic carbocycles. The van der Waals surface area contributed by atoms with E-state index in [9.17, 15) is 13.2 Å². The Balaban J connectivity index is 1.92. The highest BCUT2D eigenvalue weighted by Crippen LogP contribution is 2.29. The van der Waals surface area contributed by atoms with Gasteiger partial charge in [0, 0.05) is 27.3 Å². The van der Waals surface area contributed by atoms with E-state index in [1.807, 2.05) is 6.07 Å². The van der Waals surface area contributed by atoms with Gasteiger partial charge in [-0.3, -0.25) is 4.79 Å². The summed E-state index contributed by atoms with van der Waals surface area (Å²) in [5, 5.41) is 3.50. The van der Waals surface area contributed by atoms with Gasteiger partial charge in [0.05, 0.1) is 11.6 Å². The lowest BCUT2D eigenvalue weighted by Crippen LogP contribution is -2.37. The zero-order valence-corrected chi connectivity index (χ0v) is 19.7. The van der Waals surface area contributed by atoms with Gasteiger partial charge in [0.25, 0.3) is 0 Å². The normalized spacial score (nSPS) is 11.5. The van der Waals surface area contributed by atoms with Crippen LogP contribution in [0.25, 0.3) is 0 Å². The highest BCUT2D eigenvalue weighted by molar-refractivity contribution is 7.89. The van der Waals surface area contributed by atoms with E-state index in [0.717, 1.165) is 4.31 Å². The molecule has 0 saturated heterocycles. The Bertz CT molecular complexity index is 1180. The summed E-state index contributed by atoms with van der Waals surface area (Å²) in [5.74, 6) is -0.573. The van der Waals surface area contributed by atoms with E-state index in [0.29, 0.717) is 21.3 Å². The van der Waals surface area contributed by atoms with Crippen LogP contribution in [0.5, 0.6) is 0 Å². The smallest absolute Gasteiger partial charge is 0.245 e. The molecule has 0 spiro atoms. The molecule has 0 aliphatic rings. The van der Waals surface area contributed by atoms with E-state index >= 15 is 0 Å². The Morgan fingerprint density at radius 2 is 1.48 bits per heavy atom. The van der Waals surface area contributed by atoms with Gasteiger partial charge in [-0.15, -0.1) is 0 Å². The summed E-state index contributed by atoms with van der Waals surface area (Å²) in [7, 11) is -4.15. The first-order valence-corrected chi connectivity index (χ1v) is 11.9. The highest BCUT2D eigenvalue weighted by atomic mass is 35.5. The summed E-state index contributed by atoms with van der Waals surface area (Å²) in [6.07, 6.45) is 0. The maximum absolute atomic E-state index is 13.4. The van der Waals surface area contributed by atoms with Gasteiger partial charge in [-0.1, -0.05) is 76.7 Å². The lowest BCUT2D eigenvalue weighted by Gasteiger charge is -2.23. The molecule has 0 unspecified atom stereocenters. The topological polar surface area (TPSA) is 66.5 Å². The number of rotatable bonds is 7. The van der Waals surface area contributed by atoms with Crippen molar-refractivity contribution in [3.8, 4) is 0 Å². The van der Waals surface area contributed by atoms with Gasteiger partial charge >= 0.3 is 0 Å². The van der Waals surface area contributed by atoms with Gasteiger partial charge in [0.1, 0.15) is 4.90 Å². The van der Waals surface area contributed by atoms with Crippen LogP contribution in [0.15, 0.2) is 71.6 Å². The second-order valence-corrected chi connectivity index (χ2v) is 10.2. The Hall–Kier alpha value is -1.80. The third kappa shape index (κ3) is 6.35. The molecule has 0 heterocycles. The molecule has 0 aliphatic heterocycles. The average Bonchev–Trinajstić information content (AvgIpc) is 2.69. The number of nitrogens with zero attached hydrogens (tertiary/aromatic N) is 1. The molecule has 162 valence electrons. The number of hydrogen-bond donors (Lipinski definition) is 1. The second-order valence-electron chi connectivity index (χ2n) is 6.54. The van der Waals surface area contributed by atoms with Crippen LogP contribution in [-0.2, 0) is 21.4 Å². The number of carbonyl (C=O) groups is 1. The first-order chi connectivity index (χ1) is 14.6. The summed E-state index contributed by atoms with van der Waals surface area (Å²) in [6.45, 7) is -0.514. The quantitative estimate of drug-likeness (QED) is 0.410. The van der Waals surface area contributed by atoms with Gasteiger partial charge < -0.3 is 5.32 Å². The van der Waals surface area contributed by atoms with Crippen molar-refractivity contribution in [3.63, 3.8) is 0 Å². The van der Waals surface area contributed by atoms with Gasteiger partial charge in [0.2, 0.25) is 15.9 Å². The van der Waals surface area contributed by atoms with Crippen molar-refractivity contribution in [2.24, 2.45) is 0 Å². The van der Waals surface area contributed by atoms with Crippen LogP contribution < -0.4 is 5.32 Å². The summed E-state index contributed by atoms with van der Waals surface area (Å²) in [4.78, 5) is 12.5. The van der Waals surface area contributed by atoms with Crippen LogP contribution >= 0.6 is 46.4 Å². The van der Waals surface area contributed by atoms with E-state index in [-0.39, 0.29) is 21.5 Å². The van der Waals surface area contributed by atoms with Crippen LogP contribution in [0.1, 0.15) is 5.56 Å². The predicted octanol–water partition coefficient (Wildman–Crippen LogP) is 6.13. The molecule has 0 aliphatic carbocycles. The van der Waals surface area contributed by atoms with Crippen molar-refractivity contribution in [2.45, 2.75) is 11.4 Å². The molecule has 31 heavy (non-hydrogen) atoms. The highest BCUT2D eigenvalue weighted by Gasteiger charge is 2.29. The molecule has 0 saturated carbocycles. The van der Waals surface area contributed by atoms with Crippen molar-refractivity contribution >= 4 is 68.0 Å².